The zero-order chi connectivity index (χ0) is 17.2. The number of rotatable bonds is 3. The molecular formula is C16H13N7O2. The topological polar surface area (TPSA) is 119 Å². The Morgan fingerprint density at radius 2 is 2.04 bits per heavy atom. The van der Waals surface area contributed by atoms with E-state index in [2.05, 4.69) is 35.9 Å². The maximum atomic E-state index is 11.6. The fourth-order valence-corrected chi connectivity index (χ4v) is 2.43. The SMILES string of the molecule is CCNC(=O)Nc1ccc2ncc(-c3cccc4nonc34)nc2n1. The number of urea groups is 1. The Morgan fingerprint density at radius 3 is 2.92 bits per heavy atom. The molecule has 0 unspecified atom stereocenters. The largest absolute Gasteiger partial charge is 0.338 e. The van der Waals surface area contributed by atoms with E-state index in [4.69, 9.17) is 4.63 Å². The van der Waals surface area contributed by atoms with Gasteiger partial charge in [0.05, 0.1) is 11.9 Å². The van der Waals surface area contributed by atoms with E-state index in [-0.39, 0.29) is 6.03 Å². The number of nitrogens with zero attached hydrogens (tertiary/aromatic N) is 5. The van der Waals surface area contributed by atoms with Gasteiger partial charge in [-0.05, 0) is 35.4 Å². The molecule has 124 valence electrons. The summed E-state index contributed by atoms with van der Waals surface area (Å²) in [4.78, 5) is 24.9. The van der Waals surface area contributed by atoms with E-state index in [0.29, 0.717) is 40.3 Å². The number of fused-ring (bicyclic) bond motifs is 2. The number of carbonyl (C=O) groups excluding carboxylic acids is 1. The highest BCUT2D eigenvalue weighted by molar-refractivity contribution is 5.91. The summed E-state index contributed by atoms with van der Waals surface area (Å²) in [5.41, 5.74) is 3.62. The summed E-state index contributed by atoms with van der Waals surface area (Å²) in [7, 11) is 0. The van der Waals surface area contributed by atoms with Gasteiger partial charge in [0, 0.05) is 12.1 Å². The summed E-state index contributed by atoms with van der Waals surface area (Å²) in [5, 5.41) is 13.0. The van der Waals surface area contributed by atoms with E-state index >= 15 is 0 Å². The van der Waals surface area contributed by atoms with E-state index in [1.54, 1.807) is 24.4 Å². The Kier molecular flexibility index (Phi) is 3.65. The summed E-state index contributed by atoms with van der Waals surface area (Å²) in [6.07, 6.45) is 1.64. The average molecular weight is 335 g/mol. The molecule has 0 bridgehead atoms. The van der Waals surface area contributed by atoms with Gasteiger partial charge in [-0.15, -0.1) is 0 Å². The van der Waals surface area contributed by atoms with E-state index in [1.165, 1.54) is 0 Å². The van der Waals surface area contributed by atoms with E-state index in [9.17, 15) is 4.79 Å². The smallest absolute Gasteiger partial charge is 0.320 e. The number of hydrogen-bond donors (Lipinski definition) is 2. The third-order valence-electron chi connectivity index (χ3n) is 3.55. The van der Waals surface area contributed by atoms with Crippen molar-refractivity contribution in [2.75, 3.05) is 11.9 Å². The van der Waals surface area contributed by atoms with Crippen molar-refractivity contribution in [1.29, 1.82) is 0 Å². The molecule has 3 aromatic heterocycles. The summed E-state index contributed by atoms with van der Waals surface area (Å²) in [6.45, 7) is 2.36. The molecule has 0 aliphatic rings. The van der Waals surface area contributed by atoms with Crippen LogP contribution in [0.4, 0.5) is 10.6 Å². The number of carbonyl (C=O) groups is 1. The molecule has 0 aliphatic carbocycles. The lowest BCUT2D eigenvalue weighted by molar-refractivity contribution is 0.252. The molecule has 2 N–H and O–H groups in total. The van der Waals surface area contributed by atoms with Crippen LogP contribution in [-0.4, -0.2) is 37.8 Å². The van der Waals surface area contributed by atoms with Crippen molar-refractivity contribution in [1.82, 2.24) is 30.6 Å². The highest BCUT2D eigenvalue weighted by Crippen LogP contribution is 2.25. The average Bonchev–Trinajstić information content (AvgIpc) is 3.10. The van der Waals surface area contributed by atoms with Crippen LogP contribution in [0.2, 0.25) is 0 Å². The highest BCUT2D eigenvalue weighted by atomic mass is 16.6. The summed E-state index contributed by atoms with van der Waals surface area (Å²) < 4.78 is 4.78. The highest BCUT2D eigenvalue weighted by Gasteiger charge is 2.12. The van der Waals surface area contributed by atoms with Gasteiger partial charge in [0.25, 0.3) is 0 Å². The molecule has 1 aromatic carbocycles. The number of pyridine rings is 1. The van der Waals surface area contributed by atoms with Crippen LogP contribution < -0.4 is 10.6 Å². The lowest BCUT2D eigenvalue weighted by atomic mass is 10.1. The number of benzene rings is 1. The molecule has 0 radical (unpaired) electrons. The van der Waals surface area contributed by atoms with Crippen LogP contribution >= 0.6 is 0 Å². The van der Waals surface area contributed by atoms with E-state index in [1.807, 2.05) is 19.1 Å². The molecule has 0 saturated carbocycles. The van der Waals surface area contributed by atoms with Crippen LogP contribution in [0.3, 0.4) is 0 Å². The van der Waals surface area contributed by atoms with Crippen molar-refractivity contribution in [3.05, 3.63) is 36.5 Å². The minimum Gasteiger partial charge on any atom is -0.338 e. The first-order valence-electron chi connectivity index (χ1n) is 7.65. The van der Waals surface area contributed by atoms with Crippen LogP contribution in [0, 0.1) is 0 Å². The van der Waals surface area contributed by atoms with Crippen LogP contribution in [0.5, 0.6) is 0 Å². The predicted molar refractivity (Wildman–Crippen MR) is 90.8 cm³/mol. The van der Waals surface area contributed by atoms with Gasteiger partial charge >= 0.3 is 6.03 Å². The molecule has 0 fully saturated rings. The van der Waals surface area contributed by atoms with E-state index in [0.717, 1.165) is 5.56 Å². The number of aromatic nitrogens is 5. The van der Waals surface area contributed by atoms with Crippen LogP contribution in [-0.2, 0) is 0 Å². The minimum absolute atomic E-state index is 0.322. The molecule has 4 aromatic rings. The maximum Gasteiger partial charge on any atom is 0.320 e. The van der Waals surface area contributed by atoms with Gasteiger partial charge < -0.3 is 5.32 Å². The number of nitrogens with one attached hydrogen (secondary N) is 2. The minimum atomic E-state index is -0.322. The Labute approximate surface area is 141 Å². The third-order valence-corrected chi connectivity index (χ3v) is 3.55. The Morgan fingerprint density at radius 1 is 1.12 bits per heavy atom. The summed E-state index contributed by atoms with van der Waals surface area (Å²) >= 11 is 0. The van der Waals surface area contributed by atoms with Gasteiger partial charge in [-0.1, -0.05) is 12.1 Å². The zero-order valence-electron chi connectivity index (χ0n) is 13.2. The van der Waals surface area contributed by atoms with Crippen LogP contribution in [0.1, 0.15) is 6.92 Å². The molecule has 3 heterocycles. The van der Waals surface area contributed by atoms with Crippen molar-refractivity contribution < 1.29 is 9.42 Å². The van der Waals surface area contributed by atoms with Gasteiger partial charge in [0.15, 0.2) is 5.65 Å². The van der Waals surface area contributed by atoms with Gasteiger partial charge in [0.2, 0.25) is 0 Å². The molecule has 0 atom stereocenters. The fraction of sp³-hybridized carbons (Fsp3) is 0.125. The first kappa shape index (κ1) is 14.9. The molecule has 9 heteroatoms. The van der Waals surface area contributed by atoms with Crippen LogP contribution in [0.25, 0.3) is 33.5 Å². The van der Waals surface area contributed by atoms with Gasteiger partial charge in [0.1, 0.15) is 22.4 Å². The third kappa shape index (κ3) is 2.82. The molecule has 0 spiro atoms. The van der Waals surface area contributed by atoms with Crippen molar-refractivity contribution in [3.8, 4) is 11.3 Å². The summed E-state index contributed by atoms with van der Waals surface area (Å²) in [5.74, 6) is 0.395. The maximum absolute atomic E-state index is 11.6. The molecule has 0 aliphatic heterocycles. The normalized spacial score (nSPS) is 10.9. The predicted octanol–water partition coefficient (Wildman–Crippen LogP) is 2.37. The lowest BCUT2D eigenvalue weighted by Crippen LogP contribution is -2.28. The van der Waals surface area contributed by atoms with Gasteiger partial charge in [-0.25, -0.2) is 19.4 Å². The molecule has 2 amide bonds. The second-order valence-electron chi connectivity index (χ2n) is 5.22. The lowest BCUT2D eigenvalue weighted by Gasteiger charge is -2.06. The molecular weight excluding hydrogens is 322 g/mol. The first-order chi connectivity index (χ1) is 12.2. The molecule has 25 heavy (non-hydrogen) atoms. The second kappa shape index (κ2) is 6.11. The Bertz CT molecular complexity index is 1080. The number of amides is 2. The van der Waals surface area contributed by atoms with Crippen molar-refractivity contribution in [2.24, 2.45) is 0 Å². The molecule has 4 rings (SSSR count). The second-order valence-corrected chi connectivity index (χ2v) is 5.22. The summed E-state index contributed by atoms with van der Waals surface area (Å²) in [6, 6.07) is 8.61. The zero-order valence-corrected chi connectivity index (χ0v) is 13.2. The quantitative estimate of drug-likeness (QED) is 0.590. The first-order valence-corrected chi connectivity index (χ1v) is 7.65. The number of anilines is 1. The van der Waals surface area contributed by atoms with Crippen molar-refractivity contribution in [2.45, 2.75) is 6.92 Å². The molecule has 0 saturated heterocycles. The standard InChI is InChI=1S/C16H13N7O2/c1-2-17-16(24)21-13-7-6-11-15(20-13)19-12(8-18-11)9-4-3-5-10-14(9)23-25-22-10/h3-8H,2H2,1H3,(H2,17,19,20,21,24). The van der Waals surface area contributed by atoms with E-state index < -0.39 is 0 Å². The number of hydrogen-bond acceptors (Lipinski definition) is 7. The Balaban J connectivity index is 1.76. The van der Waals surface area contributed by atoms with Gasteiger partial charge in [-0.2, -0.15) is 0 Å². The van der Waals surface area contributed by atoms with Crippen molar-refractivity contribution in [3.63, 3.8) is 0 Å². The van der Waals surface area contributed by atoms with Crippen LogP contribution in [0.15, 0.2) is 41.2 Å². The monoisotopic (exact) mass is 335 g/mol. The van der Waals surface area contributed by atoms with Crippen molar-refractivity contribution >= 4 is 34.0 Å². The fourth-order valence-electron chi connectivity index (χ4n) is 2.43. The molecule has 9 nitrogen and oxygen atoms in total. The Hall–Kier alpha value is -3.62. The van der Waals surface area contributed by atoms with Gasteiger partial charge in [-0.3, -0.25) is 10.3 Å².